The van der Waals surface area contributed by atoms with Gasteiger partial charge in [-0.3, -0.25) is 15.5 Å². The minimum absolute atomic E-state index is 0.146. The monoisotopic (exact) mass is 432 g/mol. The molecule has 3 aliphatic rings. The van der Waals surface area contributed by atoms with Crippen LogP contribution >= 0.6 is 0 Å². The largest absolute Gasteiger partial charge is 0.490 e. The van der Waals surface area contributed by atoms with Crippen LogP contribution in [0.15, 0.2) is 18.2 Å². The topological polar surface area (TPSA) is 82.7 Å². The number of hydrogen-bond donors (Lipinski definition) is 3. The normalized spacial score (nSPS) is 20.4. The van der Waals surface area contributed by atoms with Crippen molar-refractivity contribution in [2.75, 3.05) is 26.2 Å². The number of carbonyl (C=O) groups is 2. The van der Waals surface area contributed by atoms with Gasteiger partial charge >= 0.3 is 6.03 Å². The highest BCUT2D eigenvalue weighted by atomic mass is 19.1. The fourth-order valence-electron chi connectivity index (χ4n) is 4.50. The Balaban J connectivity index is 1.16. The number of imide groups is 1. The van der Waals surface area contributed by atoms with Gasteiger partial charge in [0.15, 0.2) is 11.6 Å². The van der Waals surface area contributed by atoms with Crippen LogP contribution in [-0.2, 0) is 10.3 Å². The summed E-state index contributed by atoms with van der Waals surface area (Å²) in [6.45, 7) is 2.19. The zero-order valence-corrected chi connectivity index (χ0v) is 18.1. The molecule has 2 saturated carbocycles. The van der Waals surface area contributed by atoms with E-state index in [1.165, 1.54) is 31.7 Å². The number of benzene rings is 1. The van der Waals surface area contributed by atoms with E-state index in [2.05, 4.69) is 16.2 Å². The third-order valence-electron chi connectivity index (χ3n) is 6.61. The van der Waals surface area contributed by atoms with E-state index in [0.717, 1.165) is 44.2 Å². The molecule has 0 bridgehead atoms. The molecule has 1 saturated heterocycles. The summed E-state index contributed by atoms with van der Waals surface area (Å²) in [6.07, 6.45) is 9.68. The number of carbonyl (C=O) groups excluding carboxylic acids is 2. The maximum Gasteiger partial charge on any atom is 0.324 e. The average Bonchev–Trinajstić information content (AvgIpc) is 3.21. The highest BCUT2D eigenvalue weighted by Gasteiger charge is 2.44. The van der Waals surface area contributed by atoms with E-state index in [0.29, 0.717) is 24.8 Å². The van der Waals surface area contributed by atoms with Crippen molar-refractivity contribution in [1.82, 2.24) is 21.1 Å². The Bertz CT molecular complexity index is 793. The van der Waals surface area contributed by atoms with Crippen LogP contribution in [0.2, 0.25) is 0 Å². The van der Waals surface area contributed by atoms with Crippen LogP contribution in [0.25, 0.3) is 0 Å². The molecule has 1 aliphatic heterocycles. The van der Waals surface area contributed by atoms with Gasteiger partial charge in [0, 0.05) is 13.1 Å². The molecule has 31 heavy (non-hydrogen) atoms. The van der Waals surface area contributed by atoms with E-state index in [4.69, 9.17) is 4.74 Å². The van der Waals surface area contributed by atoms with E-state index in [1.54, 1.807) is 4.90 Å². The predicted molar refractivity (Wildman–Crippen MR) is 115 cm³/mol. The molecule has 1 aromatic carbocycles. The standard InChI is InChI=1S/C23H33FN4O3/c24-19-9-8-18(14-20(19)31-16-17-6-2-3-7-17)23(10-11-23)27-25-12-4-1-5-13-28-15-21(29)26-22(28)30/h8-9,14,17,25,27H,1-7,10-13,15-16H2,(H,26,29,30). The molecular formula is C23H33FN4O3. The fourth-order valence-corrected chi connectivity index (χ4v) is 4.50. The third-order valence-corrected chi connectivity index (χ3v) is 6.61. The number of hydrazine groups is 1. The minimum Gasteiger partial charge on any atom is -0.490 e. The second kappa shape index (κ2) is 9.96. The number of unbranched alkanes of at least 4 members (excludes halogenated alkanes) is 2. The highest BCUT2D eigenvalue weighted by Crippen LogP contribution is 2.46. The van der Waals surface area contributed by atoms with Gasteiger partial charge in [0.1, 0.15) is 6.54 Å². The number of urea groups is 1. The summed E-state index contributed by atoms with van der Waals surface area (Å²) in [7, 11) is 0. The molecule has 3 fully saturated rings. The van der Waals surface area contributed by atoms with Crippen LogP contribution < -0.4 is 20.9 Å². The summed E-state index contributed by atoms with van der Waals surface area (Å²) in [4.78, 5) is 24.2. The maximum atomic E-state index is 14.2. The molecule has 0 spiro atoms. The van der Waals surface area contributed by atoms with Crippen molar-refractivity contribution in [3.63, 3.8) is 0 Å². The molecule has 0 aromatic heterocycles. The van der Waals surface area contributed by atoms with Gasteiger partial charge in [-0.2, -0.15) is 0 Å². The number of ether oxygens (including phenoxy) is 1. The predicted octanol–water partition coefficient (Wildman–Crippen LogP) is 3.20. The smallest absolute Gasteiger partial charge is 0.324 e. The van der Waals surface area contributed by atoms with Crippen molar-refractivity contribution in [2.45, 2.75) is 63.3 Å². The summed E-state index contributed by atoms with van der Waals surface area (Å²) in [6, 6.07) is 4.93. The van der Waals surface area contributed by atoms with Crippen LogP contribution in [-0.4, -0.2) is 43.1 Å². The summed E-state index contributed by atoms with van der Waals surface area (Å²) in [5, 5.41) is 2.29. The van der Waals surface area contributed by atoms with Gasteiger partial charge in [-0.15, -0.1) is 0 Å². The number of amides is 3. The minimum atomic E-state index is -0.293. The first kappa shape index (κ1) is 22.0. The van der Waals surface area contributed by atoms with Gasteiger partial charge in [0.25, 0.3) is 0 Å². The lowest BCUT2D eigenvalue weighted by molar-refractivity contribution is -0.118. The number of halogens is 1. The molecule has 2 aliphatic carbocycles. The molecule has 3 amide bonds. The zero-order chi connectivity index (χ0) is 21.7. The quantitative estimate of drug-likeness (QED) is 0.268. The van der Waals surface area contributed by atoms with Crippen molar-refractivity contribution in [1.29, 1.82) is 0 Å². The SMILES string of the molecule is O=C1CN(CCCCCNNC2(c3ccc(F)c(OCC4CCCC4)c3)CC2)C(=O)N1. The summed E-state index contributed by atoms with van der Waals surface area (Å²) < 4.78 is 20.1. The Labute approximate surface area is 183 Å². The number of rotatable bonds is 12. The highest BCUT2D eigenvalue weighted by molar-refractivity contribution is 6.01. The number of nitrogens with one attached hydrogen (secondary N) is 3. The maximum absolute atomic E-state index is 14.2. The van der Waals surface area contributed by atoms with Crippen molar-refractivity contribution in [3.8, 4) is 5.75 Å². The van der Waals surface area contributed by atoms with E-state index in [-0.39, 0.29) is 29.8 Å². The molecule has 3 N–H and O–H groups in total. The average molecular weight is 433 g/mol. The molecule has 7 nitrogen and oxygen atoms in total. The summed E-state index contributed by atoms with van der Waals surface area (Å²) in [5.41, 5.74) is 7.66. The molecule has 0 unspecified atom stereocenters. The molecule has 4 rings (SSSR count). The van der Waals surface area contributed by atoms with Crippen LogP contribution in [0.1, 0.15) is 63.4 Å². The van der Waals surface area contributed by atoms with Gasteiger partial charge in [-0.1, -0.05) is 25.3 Å². The Morgan fingerprint density at radius 3 is 2.68 bits per heavy atom. The van der Waals surface area contributed by atoms with E-state index in [9.17, 15) is 14.0 Å². The number of hydrogen-bond acceptors (Lipinski definition) is 5. The van der Waals surface area contributed by atoms with E-state index in [1.807, 2.05) is 12.1 Å². The van der Waals surface area contributed by atoms with Crippen LogP contribution in [0.4, 0.5) is 9.18 Å². The van der Waals surface area contributed by atoms with Crippen LogP contribution in [0.3, 0.4) is 0 Å². The Hall–Kier alpha value is -2.19. The van der Waals surface area contributed by atoms with Crippen LogP contribution in [0.5, 0.6) is 5.75 Å². The molecule has 0 radical (unpaired) electrons. The van der Waals surface area contributed by atoms with Crippen molar-refractivity contribution < 1.29 is 18.7 Å². The Kier molecular flexibility index (Phi) is 7.07. The Morgan fingerprint density at radius 2 is 1.97 bits per heavy atom. The van der Waals surface area contributed by atoms with Gasteiger partial charge in [0.05, 0.1) is 12.1 Å². The second-order valence-electron chi connectivity index (χ2n) is 9.08. The van der Waals surface area contributed by atoms with Crippen molar-refractivity contribution >= 4 is 11.9 Å². The summed E-state index contributed by atoms with van der Waals surface area (Å²) >= 11 is 0. The van der Waals surface area contributed by atoms with Gasteiger partial charge in [-0.05, 0) is 62.1 Å². The van der Waals surface area contributed by atoms with Gasteiger partial charge < -0.3 is 9.64 Å². The van der Waals surface area contributed by atoms with Crippen molar-refractivity contribution in [3.05, 3.63) is 29.6 Å². The second-order valence-corrected chi connectivity index (χ2v) is 9.08. The summed E-state index contributed by atoms with van der Waals surface area (Å²) in [5.74, 6) is 0.400. The number of nitrogens with zero attached hydrogens (tertiary/aromatic N) is 1. The molecule has 0 atom stereocenters. The molecular weight excluding hydrogens is 399 g/mol. The lowest BCUT2D eigenvalue weighted by Gasteiger charge is -2.20. The fraction of sp³-hybridized carbons (Fsp3) is 0.652. The van der Waals surface area contributed by atoms with Gasteiger partial charge in [-0.25, -0.2) is 14.6 Å². The first-order valence-corrected chi connectivity index (χ1v) is 11.6. The first-order valence-electron chi connectivity index (χ1n) is 11.6. The molecule has 1 heterocycles. The van der Waals surface area contributed by atoms with E-state index < -0.39 is 0 Å². The van der Waals surface area contributed by atoms with Crippen LogP contribution in [0, 0.1) is 11.7 Å². The molecule has 1 aromatic rings. The first-order chi connectivity index (χ1) is 15.1. The van der Waals surface area contributed by atoms with Gasteiger partial charge in [0.2, 0.25) is 5.91 Å². The lowest BCUT2D eigenvalue weighted by atomic mass is 10.0. The van der Waals surface area contributed by atoms with E-state index >= 15 is 0 Å². The molecule has 8 heteroatoms. The third kappa shape index (κ3) is 5.74. The Morgan fingerprint density at radius 1 is 1.16 bits per heavy atom. The zero-order valence-electron chi connectivity index (χ0n) is 18.1. The lowest BCUT2D eigenvalue weighted by Crippen LogP contribution is -2.41. The van der Waals surface area contributed by atoms with Crippen molar-refractivity contribution in [2.24, 2.45) is 5.92 Å². The molecule has 170 valence electrons.